The van der Waals surface area contributed by atoms with E-state index in [1.807, 2.05) is 0 Å². The minimum absolute atomic E-state index is 0.0816. The van der Waals surface area contributed by atoms with Gasteiger partial charge in [0, 0.05) is 27.5 Å². The standard InChI is InChI=1S/C16H16F9N3O2S/c1-30-12(29)4-2-3-9-5-6-11(31-9)10(27-28-26)7-8-13(17,18)14(19,20)15(21,22)16(23,24)25/h5-6,10H,2-4,7-8H2,1H3. The number of esters is 1. The van der Waals surface area contributed by atoms with Gasteiger partial charge in [-0.25, -0.2) is 0 Å². The average Bonchev–Trinajstić information content (AvgIpc) is 3.12. The highest BCUT2D eigenvalue weighted by Crippen LogP contribution is 2.54. The summed E-state index contributed by atoms with van der Waals surface area (Å²) in [5.74, 6) is -19.9. The molecule has 31 heavy (non-hydrogen) atoms. The van der Waals surface area contributed by atoms with Crippen molar-refractivity contribution in [3.8, 4) is 0 Å². The quantitative estimate of drug-likeness (QED) is 0.113. The molecular weight excluding hydrogens is 469 g/mol. The molecule has 0 amide bonds. The Morgan fingerprint density at radius 3 is 2.26 bits per heavy atom. The molecule has 0 aromatic carbocycles. The fourth-order valence-electron chi connectivity index (χ4n) is 2.42. The molecule has 1 atom stereocenters. The molecule has 0 saturated carbocycles. The van der Waals surface area contributed by atoms with Gasteiger partial charge in [-0.3, -0.25) is 4.79 Å². The Morgan fingerprint density at radius 2 is 1.74 bits per heavy atom. The lowest BCUT2D eigenvalue weighted by atomic mass is 9.97. The number of thiophene rings is 1. The number of hydrogen-bond acceptors (Lipinski definition) is 4. The van der Waals surface area contributed by atoms with Gasteiger partial charge in [0.2, 0.25) is 0 Å². The smallest absolute Gasteiger partial charge is 0.460 e. The first-order valence-corrected chi connectivity index (χ1v) is 9.32. The number of rotatable bonds is 11. The highest BCUT2D eigenvalue weighted by Gasteiger charge is 2.81. The van der Waals surface area contributed by atoms with Crippen LogP contribution in [0.1, 0.15) is 41.5 Å². The van der Waals surface area contributed by atoms with Gasteiger partial charge in [0.05, 0.1) is 13.2 Å². The normalized spacial score (nSPS) is 14.1. The van der Waals surface area contributed by atoms with Gasteiger partial charge in [0.25, 0.3) is 0 Å². The summed E-state index contributed by atoms with van der Waals surface area (Å²) >= 11 is 0.931. The van der Waals surface area contributed by atoms with Crippen LogP contribution in [-0.2, 0) is 16.0 Å². The predicted molar refractivity (Wildman–Crippen MR) is 91.3 cm³/mol. The van der Waals surface area contributed by atoms with Crippen molar-refractivity contribution in [3.63, 3.8) is 0 Å². The number of hydrogen-bond donors (Lipinski definition) is 0. The van der Waals surface area contributed by atoms with Crippen LogP contribution in [0.5, 0.6) is 0 Å². The van der Waals surface area contributed by atoms with Gasteiger partial charge in [-0.05, 0) is 36.9 Å². The van der Waals surface area contributed by atoms with E-state index in [1.54, 1.807) is 0 Å². The zero-order chi connectivity index (χ0) is 24.1. The van der Waals surface area contributed by atoms with E-state index in [1.165, 1.54) is 19.2 Å². The average molecular weight is 485 g/mol. The van der Waals surface area contributed by atoms with Gasteiger partial charge in [0.1, 0.15) is 0 Å². The molecule has 1 heterocycles. The topological polar surface area (TPSA) is 75.1 Å². The Hall–Kier alpha value is -2.15. The van der Waals surface area contributed by atoms with E-state index < -0.39 is 48.8 Å². The molecule has 176 valence electrons. The molecule has 1 rings (SSSR count). The molecular formula is C16H16F9N3O2S. The highest BCUT2D eigenvalue weighted by atomic mass is 32.1. The maximum absolute atomic E-state index is 13.7. The number of methoxy groups -OCH3 is 1. The summed E-state index contributed by atoms with van der Waals surface area (Å²) in [5, 5.41) is 3.15. The first-order chi connectivity index (χ1) is 14.1. The third kappa shape index (κ3) is 6.19. The Labute approximate surface area is 173 Å². The first kappa shape index (κ1) is 26.9. The lowest BCUT2D eigenvalue weighted by molar-refractivity contribution is -0.396. The lowest BCUT2D eigenvalue weighted by Crippen LogP contribution is -2.60. The van der Waals surface area contributed by atoms with E-state index in [4.69, 9.17) is 5.53 Å². The number of carbonyl (C=O) groups excluding carboxylic acids is 1. The number of alkyl halides is 9. The summed E-state index contributed by atoms with van der Waals surface area (Å²) < 4.78 is 121. The van der Waals surface area contributed by atoms with Gasteiger partial charge < -0.3 is 4.74 Å². The second-order valence-electron chi connectivity index (χ2n) is 6.34. The molecule has 0 bridgehead atoms. The number of halogens is 9. The van der Waals surface area contributed by atoms with Crippen LogP contribution in [0.4, 0.5) is 39.5 Å². The minimum atomic E-state index is -6.97. The molecule has 0 aliphatic heterocycles. The number of aryl methyl sites for hydroxylation is 1. The fourth-order valence-corrected chi connectivity index (χ4v) is 3.54. The maximum Gasteiger partial charge on any atom is 0.460 e. The van der Waals surface area contributed by atoms with Crippen LogP contribution in [0.2, 0.25) is 0 Å². The van der Waals surface area contributed by atoms with E-state index in [-0.39, 0.29) is 11.3 Å². The van der Waals surface area contributed by atoms with Crippen molar-refractivity contribution < 1.29 is 49.0 Å². The molecule has 15 heteroatoms. The molecule has 0 saturated heterocycles. The lowest BCUT2D eigenvalue weighted by Gasteiger charge is -2.34. The number of ether oxygens (including phenoxy) is 1. The van der Waals surface area contributed by atoms with Crippen LogP contribution in [0.15, 0.2) is 17.2 Å². The number of carbonyl (C=O) groups is 1. The largest absolute Gasteiger partial charge is 0.469 e. The van der Waals surface area contributed by atoms with E-state index >= 15 is 0 Å². The molecule has 0 N–H and O–H groups in total. The van der Waals surface area contributed by atoms with E-state index in [2.05, 4.69) is 14.8 Å². The van der Waals surface area contributed by atoms with Crippen molar-refractivity contribution in [3.05, 3.63) is 32.3 Å². The van der Waals surface area contributed by atoms with Gasteiger partial charge in [0.15, 0.2) is 0 Å². The van der Waals surface area contributed by atoms with Crippen molar-refractivity contribution >= 4 is 17.3 Å². The zero-order valence-electron chi connectivity index (χ0n) is 15.7. The second kappa shape index (κ2) is 9.98. The van der Waals surface area contributed by atoms with E-state index in [0.29, 0.717) is 17.7 Å². The van der Waals surface area contributed by atoms with Crippen molar-refractivity contribution in [1.82, 2.24) is 0 Å². The molecule has 0 aliphatic carbocycles. The molecule has 0 spiro atoms. The monoisotopic (exact) mass is 485 g/mol. The van der Waals surface area contributed by atoms with Crippen LogP contribution in [-0.4, -0.2) is 37.0 Å². The molecule has 1 unspecified atom stereocenters. The van der Waals surface area contributed by atoms with Crippen LogP contribution in [0, 0.1) is 0 Å². The van der Waals surface area contributed by atoms with Crippen LogP contribution < -0.4 is 0 Å². The Kier molecular flexibility index (Phi) is 8.66. The SMILES string of the molecule is COC(=O)CCCc1ccc(C(CCC(F)(F)C(F)(F)C(F)(F)C(F)(F)F)N=[N+]=[N-])s1. The second-order valence-corrected chi connectivity index (χ2v) is 7.54. The third-order valence-electron chi connectivity index (χ3n) is 4.18. The maximum atomic E-state index is 13.7. The van der Waals surface area contributed by atoms with Crippen molar-refractivity contribution in [2.24, 2.45) is 5.11 Å². The van der Waals surface area contributed by atoms with Crippen LogP contribution in [0.25, 0.3) is 10.4 Å². The van der Waals surface area contributed by atoms with Gasteiger partial charge in [-0.15, -0.1) is 11.3 Å². The third-order valence-corrected chi connectivity index (χ3v) is 5.42. The van der Waals surface area contributed by atoms with Gasteiger partial charge in [-0.2, -0.15) is 39.5 Å². The summed E-state index contributed by atoms with van der Waals surface area (Å²) in [4.78, 5) is 14.2. The van der Waals surface area contributed by atoms with Crippen LogP contribution in [0.3, 0.4) is 0 Å². The zero-order valence-corrected chi connectivity index (χ0v) is 16.6. The molecule has 0 fully saturated rings. The predicted octanol–water partition coefficient (Wildman–Crippen LogP) is 6.84. The van der Waals surface area contributed by atoms with Crippen molar-refractivity contribution in [2.75, 3.05) is 7.11 Å². The number of azide groups is 1. The molecule has 1 aromatic heterocycles. The molecule has 5 nitrogen and oxygen atoms in total. The summed E-state index contributed by atoms with van der Waals surface area (Å²) in [5.41, 5.74) is 8.57. The Balaban J connectivity index is 2.93. The van der Waals surface area contributed by atoms with Crippen molar-refractivity contribution in [2.45, 2.75) is 62.1 Å². The fraction of sp³-hybridized carbons (Fsp3) is 0.688. The van der Waals surface area contributed by atoms with E-state index in [0.717, 1.165) is 11.3 Å². The first-order valence-electron chi connectivity index (χ1n) is 8.50. The number of nitrogens with zero attached hydrogens (tertiary/aromatic N) is 3. The summed E-state index contributed by atoms with van der Waals surface area (Å²) in [6, 6.07) is 1.31. The van der Waals surface area contributed by atoms with Gasteiger partial charge in [-0.1, -0.05) is 5.11 Å². The molecule has 1 aromatic rings. The Morgan fingerprint density at radius 1 is 1.13 bits per heavy atom. The van der Waals surface area contributed by atoms with Crippen molar-refractivity contribution in [1.29, 1.82) is 0 Å². The highest BCUT2D eigenvalue weighted by molar-refractivity contribution is 7.12. The summed E-state index contributed by atoms with van der Waals surface area (Å²) in [7, 11) is 1.19. The van der Waals surface area contributed by atoms with Gasteiger partial charge >= 0.3 is 29.9 Å². The van der Waals surface area contributed by atoms with Crippen LogP contribution >= 0.6 is 11.3 Å². The summed E-state index contributed by atoms with van der Waals surface area (Å²) in [6.07, 6.45) is -9.31. The Bertz CT molecular complexity index is 804. The molecule has 0 radical (unpaired) electrons. The minimum Gasteiger partial charge on any atom is -0.469 e. The molecule has 0 aliphatic rings. The van der Waals surface area contributed by atoms with E-state index in [9.17, 15) is 44.3 Å². The summed E-state index contributed by atoms with van der Waals surface area (Å²) in [6.45, 7) is 0.